The van der Waals surface area contributed by atoms with Crippen molar-refractivity contribution in [3.63, 3.8) is 0 Å². The predicted octanol–water partition coefficient (Wildman–Crippen LogP) is 3.81. The van der Waals surface area contributed by atoms with Crippen molar-refractivity contribution in [3.05, 3.63) is 0 Å². The number of hydrogen-bond donors (Lipinski definition) is 1. The first kappa shape index (κ1) is 16.0. The van der Waals surface area contributed by atoms with Gasteiger partial charge >= 0.3 is 0 Å². The molecule has 1 atom stereocenters. The second kappa shape index (κ2) is 9.80. The molecular weight excluding hydrogens is 220 g/mol. The molecular formula is C16H34N2. The quantitative estimate of drug-likeness (QED) is 0.533. The van der Waals surface area contributed by atoms with Crippen molar-refractivity contribution in [1.82, 2.24) is 10.2 Å². The molecule has 0 aromatic heterocycles. The smallest absolute Gasteiger partial charge is 0.00682 e. The highest BCUT2D eigenvalue weighted by Crippen LogP contribution is 2.18. The minimum absolute atomic E-state index is 0.768. The number of nitrogens with zero attached hydrogens (tertiary/aromatic N) is 1. The van der Waals surface area contributed by atoms with Crippen LogP contribution in [0.4, 0.5) is 0 Å². The van der Waals surface area contributed by atoms with E-state index in [1.807, 2.05) is 0 Å². The second-order valence-electron chi connectivity index (χ2n) is 5.96. The summed E-state index contributed by atoms with van der Waals surface area (Å²) in [6, 6.07) is 1.64. The van der Waals surface area contributed by atoms with Crippen LogP contribution in [-0.4, -0.2) is 36.6 Å². The van der Waals surface area contributed by atoms with E-state index in [0.717, 1.165) is 12.1 Å². The molecule has 1 fully saturated rings. The Balaban J connectivity index is 2.11. The maximum atomic E-state index is 3.62. The van der Waals surface area contributed by atoms with E-state index in [1.165, 1.54) is 71.0 Å². The van der Waals surface area contributed by atoms with Crippen LogP contribution in [0.25, 0.3) is 0 Å². The summed E-state index contributed by atoms with van der Waals surface area (Å²) in [4.78, 5) is 2.71. The minimum atomic E-state index is 0.768. The molecule has 2 nitrogen and oxygen atoms in total. The van der Waals surface area contributed by atoms with E-state index in [4.69, 9.17) is 0 Å². The molecule has 2 heteroatoms. The zero-order valence-electron chi connectivity index (χ0n) is 12.9. The zero-order chi connectivity index (χ0) is 13.2. The molecule has 0 radical (unpaired) electrons. The lowest BCUT2D eigenvalue weighted by atomic mass is 10.1. The fourth-order valence-corrected chi connectivity index (χ4v) is 2.45. The van der Waals surface area contributed by atoms with Crippen LogP contribution in [0.3, 0.4) is 0 Å². The van der Waals surface area contributed by atoms with E-state index < -0.39 is 0 Å². The van der Waals surface area contributed by atoms with E-state index in [0.29, 0.717) is 0 Å². The largest absolute Gasteiger partial charge is 0.314 e. The Morgan fingerprint density at radius 3 is 2.17 bits per heavy atom. The average Bonchev–Trinajstić information content (AvgIpc) is 3.18. The van der Waals surface area contributed by atoms with Crippen LogP contribution in [0, 0.1) is 0 Å². The summed E-state index contributed by atoms with van der Waals surface area (Å²) < 4.78 is 0. The number of hydrogen-bond acceptors (Lipinski definition) is 2. The van der Waals surface area contributed by atoms with Crippen LogP contribution in [0.15, 0.2) is 0 Å². The highest BCUT2D eigenvalue weighted by atomic mass is 15.1. The van der Waals surface area contributed by atoms with Crippen LogP contribution in [-0.2, 0) is 0 Å². The highest BCUT2D eigenvalue weighted by molar-refractivity contribution is 4.80. The summed E-state index contributed by atoms with van der Waals surface area (Å²) in [7, 11) is 0. The third-order valence-corrected chi connectivity index (χ3v) is 4.03. The van der Waals surface area contributed by atoms with Crippen molar-refractivity contribution in [2.45, 2.75) is 84.2 Å². The van der Waals surface area contributed by atoms with Crippen molar-refractivity contribution in [2.75, 3.05) is 19.6 Å². The SMILES string of the molecule is CCCCN(CCCC)C(C)CCCNC1CC1. The molecule has 18 heavy (non-hydrogen) atoms. The monoisotopic (exact) mass is 254 g/mol. The van der Waals surface area contributed by atoms with Crippen LogP contribution in [0.1, 0.15) is 72.1 Å². The summed E-state index contributed by atoms with van der Waals surface area (Å²) in [5.41, 5.74) is 0. The maximum absolute atomic E-state index is 3.62. The number of nitrogens with one attached hydrogen (secondary N) is 1. The van der Waals surface area contributed by atoms with Gasteiger partial charge in [-0.05, 0) is 65.1 Å². The van der Waals surface area contributed by atoms with E-state index in [9.17, 15) is 0 Å². The molecule has 0 bridgehead atoms. The lowest BCUT2D eigenvalue weighted by Crippen LogP contribution is -2.35. The van der Waals surface area contributed by atoms with Gasteiger partial charge in [-0.15, -0.1) is 0 Å². The Morgan fingerprint density at radius 2 is 1.67 bits per heavy atom. The van der Waals surface area contributed by atoms with Crippen LogP contribution in [0.2, 0.25) is 0 Å². The third-order valence-electron chi connectivity index (χ3n) is 4.03. The molecule has 1 aliphatic carbocycles. The van der Waals surface area contributed by atoms with Gasteiger partial charge in [0.25, 0.3) is 0 Å². The van der Waals surface area contributed by atoms with Gasteiger partial charge in [-0.1, -0.05) is 26.7 Å². The first-order valence-electron chi connectivity index (χ1n) is 8.25. The molecule has 0 heterocycles. The molecule has 108 valence electrons. The molecule has 1 N–H and O–H groups in total. The van der Waals surface area contributed by atoms with Gasteiger partial charge in [-0.25, -0.2) is 0 Å². The lowest BCUT2D eigenvalue weighted by molar-refractivity contribution is 0.191. The Kier molecular flexibility index (Phi) is 8.70. The Morgan fingerprint density at radius 1 is 1.06 bits per heavy atom. The molecule has 0 aromatic rings. The minimum Gasteiger partial charge on any atom is -0.314 e. The van der Waals surface area contributed by atoms with Crippen molar-refractivity contribution in [1.29, 1.82) is 0 Å². The highest BCUT2D eigenvalue weighted by Gasteiger charge is 2.20. The number of rotatable bonds is 12. The van der Waals surface area contributed by atoms with Crippen molar-refractivity contribution < 1.29 is 0 Å². The molecule has 0 saturated heterocycles. The molecule has 0 amide bonds. The van der Waals surface area contributed by atoms with E-state index in [2.05, 4.69) is 31.0 Å². The Bertz CT molecular complexity index is 182. The summed E-state index contributed by atoms with van der Waals surface area (Å²) in [5, 5.41) is 3.62. The first-order chi connectivity index (χ1) is 8.77. The molecule has 1 aliphatic rings. The zero-order valence-corrected chi connectivity index (χ0v) is 12.9. The third kappa shape index (κ3) is 7.38. The molecule has 0 spiro atoms. The molecule has 1 unspecified atom stereocenters. The van der Waals surface area contributed by atoms with Gasteiger partial charge in [-0.3, -0.25) is 0 Å². The van der Waals surface area contributed by atoms with Gasteiger partial charge in [0.05, 0.1) is 0 Å². The fourth-order valence-electron chi connectivity index (χ4n) is 2.45. The molecule has 1 rings (SSSR count). The lowest BCUT2D eigenvalue weighted by Gasteiger charge is -2.29. The second-order valence-corrected chi connectivity index (χ2v) is 5.96. The van der Waals surface area contributed by atoms with Crippen molar-refractivity contribution >= 4 is 0 Å². The van der Waals surface area contributed by atoms with Gasteiger partial charge in [0.1, 0.15) is 0 Å². The Hall–Kier alpha value is -0.0800. The van der Waals surface area contributed by atoms with Gasteiger partial charge in [-0.2, -0.15) is 0 Å². The Labute approximate surface area is 115 Å². The van der Waals surface area contributed by atoms with Gasteiger partial charge in [0, 0.05) is 12.1 Å². The summed E-state index contributed by atoms with van der Waals surface area (Å²) in [5.74, 6) is 0. The van der Waals surface area contributed by atoms with Gasteiger partial charge < -0.3 is 10.2 Å². The normalized spacial score (nSPS) is 17.3. The average molecular weight is 254 g/mol. The fraction of sp³-hybridized carbons (Fsp3) is 1.00. The molecule has 0 aromatic carbocycles. The standard InChI is InChI=1S/C16H34N2/c1-4-6-13-18(14-7-5-2)15(3)9-8-12-17-16-10-11-16/h15-17H,4-14H2,1-3H3. The predicted molar refractivity (Wildman–Crippen MR) is 81.1 cm³/mol. The van der Waals surface area contributed by atoms with E-state index in [-0.39, 0.29) is 0 Å². The molecule has 0 aliphatic heterocycles. The summed E-state index contributed by atoms with van der Waals surface area (Å²) in [6.07, 6.45) is 10.9. The van der Waals surface area contributed by atoms with Gasteiger partial charge in [0.2, 0.25) is 0 Å². The van der Waals surface area contributed by atoms with Crippen LogP contribution in [0.5, 0.6) is 0 Å². The van der Waals surface area contributed by atoms with E-state index in [1.54, 1.807) is 0 Å². The first-order valence-corrected chi connectivity index (χ1v) is 8.25. The van der Waals surface area contributed by atoms with Crippen LogP contribution >= 0.6 is 0 Å². The number of unbranched alkanes of at least 4 members (excludes halogenated alkanes) is 2. The topological polar surface area (TPSA) is 15.3 Å². The van der Waals surface area contributed by atoms with Crippen molar-refractivity contribution in [3.8, 4) is 0 Å². The summed E-state index contributed by atoms with van der Waals surface area (Å²) >= 11 is 0. The van der Waals surface area contributed by atoms with E-state index >= 15 is 0 Å². The van der Waals surface area contributed by atoms with Gasteiger partial charge in [0.15, 0.2) is 0 Å². The van der Waals surface area contributed by atoms with Crippen LogP contribution < -0.4 is 5.32 Å². The summed E-state index contributed by atoms with van der Waals surface area (Å²) in [6.45, 7) is 10.8. The maximum Gasteiger partial charge on any atom is 0.00682 e. The molecule has 1 saturated carbocycles. The van der Waals surface area contributed by atoms with Crippen molar-refractivity contribution in [2.24, 2.45) is 0 Å².